The summed E-state index contributed by atoms with van der Waals surface area (Å²) >= 11 is 0. The lowest BCUT2D eigenvalue weighted by molar-refractivity contribution is -0.146. The first-order valence-electron chi connectivity index (χ1n) is 10.1. The van der Waals surface area contributed by atoms with Crippen molar-refractivity contribution < 1.29 is 14.4 Å². The maximum atomic E-state index is 12.9. The highest BCUT2D eigenvalue weighted by atomic mass is 16.2. The number of nitrogens with one attached hydrogen (secondary N) is 1. The van der Waals surface area contributed by atoms with Crippen LogP contribution in [-0.2, 0) is 20.9 Å². The molecule has 5 rings (SSSR count). The molecular weight excluding hydrogens is 370 g/mol. The number of hydrogen-bond donors (Lipinski definition) is 1. The third-order valence-electron chi connectivity index (χ3n) is 6.76. The average Bonchev–Trinajstić information content (AvgIpc) is 3.49. The van der Waals surface area contributed by atoms with Crippen molar-refractivity contribution in [3.63, 3.8) is 0 Å². The molecule has 3 amide bonds. The van der Waals surface area contributed by atoms with Gasteiger partial charge in [-0.2, -0.15) is 5.10 Å². The molecule has 2 aromatic rings. The molecule has 1 saturated heterocycles. The molecule has 0 unspecified atom stereocenters. The molecule has 2 bridgehead atoms. The third kappa shape index (κ3) is 2.94. The Hall–Kier alpha value is -3.03. The fourth-order valence-electron chi connectivity index (χ4n) is 5.37. The first-order valence-corrected chi connectivity index (χ1v) is 10.1. The summed E-state index contributed by atoms with van der Waals surface area (Å²) in [6, 6.07) is 6.60. The predicted octanol–water partition coefficient (Wildman–Crippen LogP) is 1.68. The average molecular weight is 393 g/mol. The minimum atomic E-state index is -0.810. The SMILES string of the molecule is C[C@@H](C(=O)Nc1ccc(Cn2cncn2)cc1)N1C(=O)[C@@H]2[C@H]3CC[C@@H](C3)[C@@H]2C1=O. The summed E-state index contributed by atoms with van der Waals surface area (Å²) in [7, 11) is 0. The van der Waals surface area contributed by atoms with Crippen molar-refractivity contribution in [1.29, 1.82) is 0 Å². The van der Waals surface area contributed by atoms with Crippen molar-refractivity contribution in [3.8, 4) is 0 Å². The zero-order valence-corrected chi connectivity index (χ0v) is 16.2. The number of carbonyl (C=O) groups is 3. The number of likely N-dealkylation sites (tertiary alicyclic amines) is 1. The zero-order valence-electron chi connectivity index (χ0n) is 16.2. The summed E-state index contributed by atoms with van der Waals surface area (Å²) < 4.78 is 1.71. The summed E-state index contributed by atoms with van der Waals surface area (Å²) in [6.45, 7) is 2.22. The number of anilines is 1. The number of carbonyl (C=O) groups excluding carboxylic acids is 3. The van der Waals surface area contributed by atoms with Crippen LogP contribution in [0.4, 0.5) is 5.69 Å². The molecule has 2 aliphatic carbocycles. The lowest BCUT2D eigenvalue weighted by atomic mass is 9.81. The van der Waals surface area contributed by atoms with E-state index in [0.29, 0.717) is 24.1 Å². The molecule has 3 aliphatic rings. The normalized spacial score (nSPS) is 28.7. The highest BCUT2D eigenvalue weighted by Crippen LogP contribution is 2.56. The van der Waals surface area contributed by atoms with Gasteiger partial charge in [-0.15, -0.1) is 0 Å². The van der Waals surface area contributed by atoms with Crippen molar-refractivity contribution in [2.75, 3.05) is 5.32 Å². The largest absolute Gasteiger partial charge is 0.324 e. The number of nitrogens with zero attached hydrogens (tertiary/aromatic N) is 4. The van der Waals surface area contributed by atoms with Gasteiger partial charge in [0.05, 0.1) is 18.4 Å². The Morgan fingerprint density at radius 2 is 1.79 bits per heavy atom. The van der Waals surface area contributed by atoms with Gasteiger partial charge in [0.15, 0.2) is 0 Å². The third-order valence-corrected chi connectivity index (χ3v) is 6.76. The Kier molecular flexibility index (Phi) is 4.22. The van der Waals surface area contributed by atoms with Crippen molar-refractivity contribution in [1.82, 2.24) is 19.7 Å². The molecule has 8 nitrogen and oxygen atoms in total. The number of rotatable bonds is 5. The van der Waals surface area contributed by atoms with E-state index in [-0.39, 0.29) is 29.6 Å². The Bertz CT molecular complexity index is 927. The molecule has 0 spiro atoms. The molecule has 1 aromatic heterocycles. The second-order valence-corrected chi connectivity index (χ2v) is 8.39. The van der Waals surface area contributed by atoms with Gasteiger partial charge in [0.25, 0.3) is 0 Å². The van der Waals surface area contributed by atoms with Gasteiger partial charge in [-0.05, 0) is 55.7 Å². The maximum Gasteiger partial charge on any atom is 0.247 e. The minimum absolute atomic E-state index is 0.155. The Morgan fingerprint density at radius 1 is 1.14 bits per heavy atom. The molecule has 1 N–H and O–H groups in total. The molecule has 5 atom stereocenters. The van der Waals surface area contributed by atoms with Crippen LogP contribution in [0.5, 0.6) is 0 Å². The van der Waals surface area contributed by atoms with Gasteiger partial charge in [0.2, 0.25) is 17.7 Å². The van der Waals surface area contributed by atoms with E-state index in [0.717, 1.165) is 24.8 Å². The summed E-state index contributed by atoms with van der Waals surface area (Å²) in [5.74, 6) is -0.419. The van der Waals surface area contributed by atoms with E-state index in [4.69, 9.17) is 0 Å². The van der Waals surface area contributed by atoms with Gasteiger partial charge in [-0.25, -0.2) is 9.67 Å². The van der Waals surface area contributed by atoms with Crippen LogP contribution in [0, 0.1) is 23.7 Å². The van der Waals surface area contributed by atoms with Gasteiger partial charge < -0.3 is 5.32 Å². The number of hydrogen-bond acceptors (Lipinski definition) is 5. The first kappa shape index (κ1) is 18.0. The van der Waals surface area contributed by atoms with E-state index in [9.17, 15) is 14.4 Å². The van der Waals surface area contributed by atoms with E-state index in [2.05, 4.69) is 15.4 Å². The number of fused-ring (bicyclic) bond motifs is 5. The topological polar surface area (TPSA) is 97.2 Å². The molecule has 29 heavy (non-hydrogen) atoms. The van der Waals surface area contributed by atoms with E-state index < -0.39 is 6.04 Å². The van der Waals surface area contributed by atoms with Crippen LogP contribution < -0.4 is 5.32 Å². The number of imide groups is 1. The molecular formula is C21H23N5O3. The van der Waals surface area contributed by atoms with Crippen molar-refractivity contribution in [2.45, 2.75) is 38.8 Å². The van der Waals surface area contributed by atoms with E-state index in [1.165, 1.54) is 11.2 Å². The zero-order chi connectivity index (χ0) is 20.1. The molecule has 0 radical (unpaired) electrons. The fourth-order valence-corrected chi connectivity index (χ4v) is 5.37. The van der Waals surface area contributed by atoms with Crippen LogP contribution in [0.1, 0.15) is 31.7 Å². The predicted molar refractivity (Wildman–Crippen MR) is 103 cm³/mol. The monoisotopic (exact) mass is 393 g/mol. The summed E-state index contributed by atoms with van der Waals surface area (Å²) in [5.41, 5.74) is 1.65. The van der Waals surface area contributed by atoms with Gasteiger partial charge >= 0.3 is 0 Å². The highest BCUT2D eigenvalue weighted by Gasteiger charge is 2.62. The van der Waals surface area contributed by atoms with Crippen LogP contribution in [0.15, 0.2) is 36.9 Å². The second-order valence-electron chi connectivity index (χ2n) is 8.39. The van der Waals surface area contributed by atoms with E-state index in [1.54, 1.807) is 30.1 Å². The lowest BCUT2D eigenvalue weighted by Gasteiger charge is -2.23. The van der Waals surface area contributed by atoms with Crippen LogP contribution in [0.25, 0.3) is 0 Å². The van der Waals surface area contributed by atoms with E-state index in [1.807, 2.05) is 12.1 Å². The Balaban J connectivity index is 1.25. The molecule has 8 heteroatoms. The van der Waals surface area contributed by atoms with Crippen LogP contribution in [0.3, 0.4) is 0 Å². The van der Waals surface area contributed by atoms with Gasteiger partial charge in [0, 0.05) is 5.69 Å². The molecule has 2 heterocycles. The Labute approximate surface area is 168 Å². The molecule has 1 aromatic carbocycles. The molecule has 1 aliphatic heterocycles. The number of benzene rings is 1. The standard InChI is InChI=1S/C21H23N5O3/c1-12(26-20(28)17-14-4-5-15(8-14)18(17)21(26)29)19(27)24-16-6-2-13(3-7-16)9-25-11-22-10-23-25/h2-3,6-7,10-12,14-15,17-18H,4-5,8-9H2,1H3,(H,24,27)/t12-,14-,15-,17-,18+/m0/s1. The molecule has 3 fully saturated rings. The number of amides is 3. The minimum Gasteiger partial charge on any atom is -0.324 e. The van der Waals surface area contributed by atoms with Gasteiger partial charge in [-0.1, -0.05) is 12.1 Å². The quantitative estimate of drug-likeness (QED) is 0.780. The first-order chi connectivity index (χ1) is 14.0. The smallest absolute Gasteiger partial charge is 0.247 e. The Morgan fingerprint density at radius 3 is 2.38 bits per heavy atom. The van der Waals surface area contributed by atoms with Crippen molar-refractivity contribution in [3.05, 3.63) is 42.5 Å². The fraction of sp³-hybridized carbons (Fsp3) is 0.476. The maximum absolute atomic E-state index is 12.9. The van der Waals surface area contributed by atoms with E-state index >= 15 is 0 Å². The molecule has 2 saturated carbocycles. The second kappa shape index (κ2) is 6.79. The molecule has 150 valence electrons. The van der Waals surface area contributed by atoms with Crippen molar-refractivity contribution in [2.24, 2.45) is 23.7 Å². The van der Waals surface area contributed by atoms with Crippen LogP contribution in [-0.4, -0.2) is 43.4 Å². The number of aromatic nitrogens is 3. The summed E-state index contributed by atoms with van der Waals surface area (Å²) in [6.07, 6.45) is 6.17. The van der Waals surface area contributed by atoms with Gasteiger partial charge in [-0.3, -0.25) is 19.3 Å². The highest BCUT2D eigenvalue weighted by molar-refractivity contribution is 6.10. The summed E-state index contributed by atoms with van der Waals surface area (Å²) in [5, 5.41) is 6.90. The van der Waals surface area contributed by atoms with Crippen LogP contribution >= 0.6 is 0 Å². The summed E-state index contributed by atoms with van der Waals surface area (Å²) in [4.78, 5) is 43.7. The van der Waals surface area contributed by atoms with Gasteiger partial charge in [0.1, 0.15) is 18.7 Å². The van der Waals surface area contributed by atoms with Crippen molar-refractivity contribution >= 4 is 23.4 Å². The van der Waals surface area contributed by atoms with Crippen LogP contribution in [0.2, 0.25) is 0 Å². The lowest BCUT2D eigenvalue weighted by Crippen LogP contribution is -2.46.